The van der Waals surface area contributed by atoms with E-state index < -0.39 is 18.6 Å². The van der Waals surface area contributed by atoms with Crippen LogP contribution in [0, 0.1) is 0 Å². The van der Waals surface area contributed by atoms with Crippen LogP contribution in [0.15, 0.2) is 12.1 Å². The van der Waals surface area contributed by atoms with Crippen LogP contribution >= 0.6 is 23.2 Å². The molecule has 0 heterocycles. The summed E-state index contributed by atoms with van der Waals surface area (Å²) in [6.07, 6.45) is 0. The summed E-state index contributed by atoms with van der Waals surface area (Å²) in [5.74, 6) is -0.775. The molecule has 0 radical (unpaired) electrons. The van der Waals surface area contributed by atoms with E-state index in [-0.39, 0.29) is 22.3 Å². The third kappa shape index (κ3) is 3.47. The molecule has 0 aromatic heterocycles. The Labute approximate surface area is 108 Å². The summed E-state index contributed by atoms with van der Waals surface area (Å²) in [6, 6.07) is 2.11. The number of phenolic OH excluding ortho intramolecular Hbond substituents is 1. The Morgan fingerprint density at radius 1 is 1.41 bits per heavy atom. The second-order valence-corrected chi connectivity index (χ2v) is 4.15. The van der Waals surface area contributed by atoms with Gasteiger partial charge >= 0.3 is 0 Å². The van der Waals surface area contributed by atoms with E-state index in [1.807, 2.05) is 0 Å². The highest BCUT2D eigenvalue weighted by Gasteiger charge is 2.15. The maximum atomic E-state index is 10.9. The van der Waals surface area contributed by atoms with E-state index in [2.05, 4.69) is 5.32 Å². The molecule has 0 aliphatic rings. The normalized spacial score (nSPS) is 12.4. The maximum absolute atomic E-state index is 10.9. The number of nitrogens with two attached hydrogens (primary N) is 1. The highest BCUT2D eigenvalue weighted by atomic mass is 35.5. The van der Waals surface area contributed by atoms with Crippen LogP contribution < -0.4 is 11.1 Å². The number of carbonyl (C=O) groups is 1. The summed E-state index contributed by atoms with van der Waals surface area (Å²) in [4.78, 5) is 10.9. The average molecular weight is 279 g/mol. The van der Waals surface area contributed by atoms with Crippen LogP contribution in [0.2, 0.25) is 10.0 Å². The topological polar surface area (TPSA) is 95.6 Å². The van der Waals surface area contributed by atoms with E-state index in [1.54, 1.807) is 6.07 Å². The maximum Gasteiger partial charge on any atom is 0.236 e. The third-order valence-electron chi connectivity index (χ3n) is 2.21. The van der Waals surface area contributed by atoms with Gasteiger partial charge in [-0.05, 0) is 11.6 Å². The first kappa shape index (κ1) is 14.1. The Balaban J connectivity index is 2.76. The Morgan fingerprint density at radius 2 is 2.06 bits per heavy atom. The van der Waals surface area contributed by atoms with Crippen molar-refractivity contribution in [2.45, 2.75) is 12.6 Å². The van der Waals surface area contributed by atoms with E-state index in [4.69, 9.17) is 34.0 Å². The van der Waals surface area contributed by atoms with E-state index in [1.165, 1.54) is 6.07 Å². The molecule has 0 spiro atoms. The van der Waals surface area contributed by atoms with Crippen LogP contribution in [0.3, 0.4) is 0 Å². The summed E-state index contributed by atoms with van der Waals surface area (Å²) < 4.78 is 0. The molecule has 7 heteroatoms. The zero-order valence-electron chi connectivity index (χ0n) is 8.78. The molecule has 94 valence electrons. The molecule has 0 aliphatic carbocycles. The Kier molecular flexibility index (Phi) is 5.02. The molecule has 1 atom stereocenters. The first-order valence-corrected chi connectivity index (χ1v) is 5.52. The number of hydrogen-bond acceptors (Lipinski definition) is 4. The summed E-state index contributed by atoms with van der Waals surface area (Å²) in [5.41, 5.74) is 5.63. The predicted molar refractivity (Wildman–Crippen MR) is 65.0 cm³/mol. The summed E-state index contributed by atoms with van der Waals surface area (Å²) in [7, 11) is 0. The average Bonchev–Trinajstić information content (AvgIpc) is 2.29. The molecular formula is C10H12Cl2N2O3. The molecule has 1 amide bonds. The minimum atomic E-state index is -0.848. The van der Waals surface area contributed by atoms with Crippen molar-refractivity contribution in [1.82, 2.24) is 5.32 Å². The number of halogens is 2. The van der Waals surface area contributed by atoms with E-state index in [0.717, 1.165) is 0 Å². The first-order valence-electron chi connectivity index (χ1n) is 4.76. The van der Waals surface area contributed by atoms with Crippen LogP contribution in [-0.2, 0) is 11.3 Å². The van der Waals surface area contributed by atoms with Crippen LogP contribution in [0.1, 0.15) is 5.56 Å². The molecule has 0 saturated carbocycles. The molecule has 5 N–H and O–H groups in total. The lowest BCUT2D eigenvalue weighted by Gasteiger charge is -2.13. The van der Waals surface area contributed by atoms with Crippen molar-refractivity contribution >= 4 is 29.1 Å². The van der Waals surface area contributed by atoms with Gasteiger partial charge in [0.2, 0.25) is 5.91 Å². The number of carbonyl (C=O) groups excluding carboxylic acids is 1. The number of aromatic hydroxyl groups is 1. The predicted octanol–water partition coefficient (Wildman–Crippen LogP) is 0.635. The van der Waals surface area contributed by atoms with Crippen molar-refractivity contribution < 1.29 is 15.0 Å². The smallest absolute Gasteiger partial charge is 0.236 e. The van der Waals surface area contributed by atoms with Crippen molar-refractivity contribution in [1.29, 1.82) is 0 Å². The molecule has 17 heavy (non-hydrogen) atoms. The SMILES string of the molecule is NC(=O)C(CO)NCc1ccc(O)c(Cl)c1Cl. The molecular weight excluding hydrogens is 267 g/mol. The van der Waals surface area contributed by atoms with Gasteiger partial charge in [-0.2, -0.15) is 0 Å². The second kappa shape index (κ2) is 6.07. The number of phenols is 1. The van der Waals surface area contributed by atoms with Gasteiger partial charge in [0.05, 0.1) is 11.6 Å². The minimum absolute atomic E-state index is 0.0468. The van der Waals surface area contributed by atoms with Gasteiger partial charge in [-0.25, -0.2) is 0 Å². The number of nitrogens with one attached hydrogen (secondary N) is 1. The number of aliphatic hydroxyl groups excluding tert-OH is 1. The standard InChI is InChI=1S/C10H12Cl2N2O3/c11-8-5(1-2-7(16)9(8)12)3-14-6(4-15)10(13)17/h1-2,6,14-16H,3-4H2,(H2,13,17). The number of hydrogen-bond donors (Lipinski definition) is 4. The largest absolute Gasteiger partial charge is 0.506 e. The van der Waals surface area contributed by atoms with Crippen molar-refractivity contribution in [2.24, 2.45) is 5.73 Å². The fourth-order valence-corrected chi connectivity index (χ4v) is 1.62. The lowest BCUT2D eigenvalue weighted by Crippen LogP contribution is -2.43. The summed E-state index contributed by atoms with van der Waals surface area (Å²) in [5, 5.41) is 21.1. The van der Waals surface area contributed by atoms with Gasteiger partial charge in [0.15, 0.2) is 0 Å². The molecule has 0 fully saturated rings. The molecule has 5 nitrogen and oxygen atoms in total. The van der Waals surface area contributed by atoms with Gasteiger partial charge in [-0.15, -0.1) is 0 Å². The summed E-state index contributed by atoms with van der Waals surface area (Å²) >= 11 is 11.6. The van der Waals surface area contributed by atoms with E-state index in [9.17, 15) is 9.90 Å². The molecule has 1 unspecified atom stereocenters. The zero-order valence-corrected chi connectivity index (χ0v) is 10.3. The number of amides is 1. The van der Waals surface area contributed by atoms with E-state index >= 15 is 0 Å². The molecule has 0 bridgehead atoms. The highest BCUT2D eigenvalue weighted by molar-refractivity contribution is 6.43. The van der Waals surface area contributed by atoms with Gasteiger partial charge < -0.3 is 15.9 Å². The lowest BCUT2D eigenvalue weighted by molar-refractivity contribution is -0.120. The number of aliphatic hydroxyl groups is 1. The van der Waals surface area contributed by atoms with E-state index in [0.29, 0.717) is 5.56 Å². The summed E-state index contributed by atoms with van der Waals surface area (Å²) in [6.45, 7) is -0.203. The molecule has 0 saturated heterocycles. The number of rotatable bonds is 5. The van der Waals surface area contributed by atoms with Crippen LogP contribution in [-0.4, -0.2) is 28.8 Å². The quantitative estimate of drug-likeness (QED) is 0.636. The monoisotopic (exact) mass is 278 g/mol. The van der Waals surface area contributed by atoms with Crippen molar-refractivity contribution in [2.75, 3.05) is 6.61 Å². The fourth-order valence-electron chi connectivity index (χ4n) is 1.20. The van der Waals surface area contributed by atoms with Gasteiger partial charge in [0, 0.05) is 6.54 Å². The van der Waals surface area contributed by atoms with Gasteiger partial charge in [-0.1, -0.05) is 29.3 Å². The third-order valence-corrected chi connectivity index (χ3v) is 3.12. The van der Waals surface area contributed by atoms with Crippen LogP contribution in [0.4, 0.5) is 0 Å². The van der Waals surface area contributed by atoms with Crippen molar-refractivity contribution in [3.05, 3.63) is 27.7 Å². The van der Waals surface area contributed by atoms with Crippen LogP contribution in [0.5, 0.6) is 5.75 Å². The number of primary amides is 1. The highest BCUT2D eigenvalue weighted by Crippen LogP contribution is 2.33. The van der Waals surface area contributed by atoms with Crippen molar-refractivity contribution in [3.8, 4) is 5.75 Å². The Bertz CT molecular complexity index is 426. The molecule has 0 aliphatic heterocycles. The van der Waals surface area contributed by atoms with Gasteiger partial charge in [0.1, 0.15) is 16.8 Å². The fraction of sp³-hybridized carbons (Fsp3) is 0.300. The molecule has 1 aromatic carbocycles. The van der Waals surface area contributed by atoms with Crippen molar-refractivity contribution in [3.63, 3.8) is 0 Å². The molecule has 1 aromatic rings. The Morgan fingerprint density at radius 3 is 2.59 bits per heavy atom. The van der Waals surface area contributed by atoms with Gasteiger partial charge in [0.25, 0.3) is 0 Å². The lowest BCUT2D eigenvalue weighted by atomic mass is 10.2. The zero-order chi connectivity index (χ0) is 13.0. The Hall–Kier alpha value is -1.01. The molecule has 1 rings (SSSR count). The second-order valence-electron chi connectivity index (χ2n) is 3.39. The minimum Gasteiger partial charge on any atom is -0.506 e. The van der Waals surface area contributed by atoms with Gasteiger partial charge in [-0.3, -0.25) is 10.1 Å². The van der Waals surface area contributed by atoms with Crippen LogP contribution in [0.25, 0.3) is 0 Å². The first-order chi connectivity index (χ1) is 7.97. The number of benzene rings is 1.